The van der Waals surface area contributed by atoms with Crippen LogP contribution >= 0.6 is 0 Å². The molecule has 0 amide bonds. The van der Waals surface area contributed by atoms with E-state index in [9.17, 15) is 0 Å². The van der Waals surface area contributed by atoms with Crippen LogP contribution < -0.4 is 14.2 Å². The zero-order valence-electron chi connectivity index (χ0n) is 14.1. The molecule has 0 bridgehead atoms. The van der Waals surface area contributed by atoms with Gasteiger partial charge in [0.1, 0.15) is 5.75 Å². The topological polar surface area (TPSA) is 27.7 Å². The summed E-state index contributed by atoms with van der Waals surface area (Å²) in [7, 11) is 4.98. The van der Waals surface area contributed by atoms with Crippen LogP contribution in [0.3, 0.4) is 0 Å². The SMILES string of the molecule is COc1cc(-c2ccccc2)c(OC)c(OC)c1-c1ccccc1. The molecule has 3 aromatic carbocycles. The summed E-state index contributed by atoms with van der Waals surface area (Å²) < 4.78 is 17.1. The zero-order chi connectivity index (χ0) is 16.9. The molecule has 0 spiro atoms. The minimum atomic E-state index is 0.668. The Morgan fingerprint density at radius 3 is 1.62 bits per heavy atom. The normalized spacial score (nSPS) is 10.3. The third-order valence-electron chi connectivity index (χ3n) is 3.98. The van der Waals surface area contributed by atoms with Crippen LogP contribution in [-0.2, 0) is 0 Å². The van der Waals surface area contributed by atoms with Gasteiger partial charge in [0, 0.05) is 5.56 Å². The molecule has 0 aromatic heterocycles. The summed E-state index contributed by atoms with van der Waals surface area (Å²) in [5, 5.41) is 0. The molecule has 3 rings (SSSR count). The van der Waals surface area contributed by atoms with E-state index in [1.165, 1.54) is 0 Å². The molecule has 0 radical (unpaired) electrons. The summed E-state index contributed by atoms with van der Waals surface area (Å²) in [6.45, 7) is 0. The Morgan fingerprint density at radius 2 is 1.12 bits per heavy atom. The first-order valence-electron chi connectivity index (χ1n) is 7.74. The Labute approximate surface area is 142 Å². The van der Waals surface area contributed by atoms with Crippen molar-refractivity contribution in [2.45, 2.75) is 0 Å². The largest absolute Gasteiger partial charge is 0.496 e. The molecule has 3 nitrogen and oxygen atoms in total. The van der Waals surface area contributed by atoms with Crippen molar-refractivity contribution in [2.24, 2.45) is 0 Å². The highest BCUT2D eigenvalue weighted by Gasteiger charge is 2.22. The van der Waals surface area contributed by atoms with E-state index in [4.69, 9.17) is 14.2 Å². The van der Waals surface area contributed by atoms with Gasteiger partial charge in [0.25, 0.3) is 0 Å². The Hall–Kier alpha value is -2.94. The van der Waals surface area contributed by atoms with Crippen molar-refractivity contribution in [1.82, 2.24) is 0 Å². The van der Waals surface area contributed by atoms with E-state index in [1.54, 1.807) is 21.3 Å². The summed E-state index contributed by atoms with van der Waals surface area (Å²) in [6.07, 6.45) is 0. The molecule has 24 heavy (non-hydrogen) atoms. The quantitative estimate of drug-likeness (QED) is 0.658. The van der Waals surface area contributed by atoms with Crippen molar-refractivity contribution >= 4 is 0 Å². The minimum absolute atomic E-state index is 0.668. The molecule has 0 unspecified atom stereocenters. The van der Waals surface area contributed by atoms with Crippen molar-refractivity contribution in [1.29, 1.82) is 0 Å². The van der Waals surface area contributed by atoms with Crippen molar-refractivity contribution in [3.63, 3.8) is 0 Å². The fourth-order valence-corrected chi connectivity index (χ4v) is 2.89. The van der Waals surface area contributed by atoms with Gasteiger partial charge in [-0.15, -0.1) is 0 Å². The molecule has 0 aliphatic rings. The molecule has 0 saturated carbocycles. The molecular formula is C21H20O3. The van der Waals surface area contributed by atoms with Gasteiger partial charge in [0.2, 0.25) is 0 Å². The molecule has 0 aliphatic carbocycles. The van der Waals surface area contributed by atoms with Gasteiger partial charge >= 0.3 is 0 Å². The number of hydrogen-bond donors (Lipinski definition) is 0. The summed E-state index contributed by atoms with van der Waals surface area (Å²) in [6, 6.07) is 22.1. The minimum Gasteiger partial charge on any atom is -0.496 e. The van der Waals surface area contributed by atoms with Gasteiger partial charge in [-0.25, -0.2) is 0 Å². The van der Waals surface area contributed by atoms with Crippen molar-refractivity contribution in [3.8, 4) is 39.5 Å². The molecule has 0 saturated heterocycles. The second-order valence-electron chi connectivity index (χ2n) is 5.30. The van der Waals surface area contributed by atoms with Crippen LogP contribution in [0.1, 0.15) is 0 Å². The average molecular weight is 320 g/mol. The second-order valence-corrected chi connectivity index (χ2v) is 5.30. The third-order valence-corrected chi connectivity index (χ3v) is 3.98. The van der Waals surface area contributed by atoms with Gasteiger partial charge < -0.3 is 14.2 Å². The van der Waals surface area contributed by atoms with Crippen LogP contribution in [-0.4, -0.2) is 21.3 Å². The monoisotopic (exact) mass is 320 g/mol. The second kappa shape index (κ2) is 7.09. The molecule has 3 heteroatoms. The van der Waals surface area contributed by atoms with Crippen LogP contribution in [0.2, 0.25) is 0 Å². The molecule has 0 atom stereocenters. The lowest BCUT2D eigenvalue weighted by Gasteiger charge is -2.20. The number of methoxy groups -OCH3 is 3. The average Bonchev–Trinajstić information content (AvgIpc) is 2.67. The molecule has 3 aromatic rings. The van der Waals surface area contributed by atoms with E-state index >= 15 is 0 Å². The van der Waals surface area contributed by atoms with Gasteiger partial charge in [0.05, 0.1) is 26.9 Å². The van der Waals surface area contributed by atoms with Crippen molar-refractivity contribution in [3.05, 3.63) is 66.7 Å². The molecular weight excluding hydrogens is 300 g/mol. The molecule has 122 valence electrons. The number of ether oxygens (including phenoxy) is 3. The van der Waals surface area contributed by atoms with Gasteiger partial charge in [-0.3, -0.25) is 0 Å². The first kappa shape index (κ1) is 15.9. The van der Waals surface area contributed by atoms with Gasteiger partial charge in [-0.2, -0.15) is 0 Å². The van der Waals surface area contributed by atoms with Gasteiger partial charge in [-0.05, 0) is 17.2 Å². The summed E-state index contributed by atoms with van der Waals surface area (Å²) in [5.41, 5.74) is 3.89. The first-order valence-corrected chi connectivity index (χ1v) is 7.74. The van der Waals surface area contributed by atoms with E-state index in [-0.39, 0.29) is 0 Å². The predicted molar refractivity (Wildman–Crippen MR) is 97.0 cm³/mol. The van der Waals surface area contributed by atoms with E-state index in [2.05, 4.69) is 0 Å². The lowest BCUT2D eigenvalue weighted by Crippen LogP contribution is -1.99. The van der Waals surface area contributed by atoms with Gasteiger partial charge in [-0.1, -0.05) is 60.7 Å². The number of hydrogen-bond acceptors (Lipinski definition) is 3. The Kier molecular flexibility index (Phi) is 4.71. The summed E-state index contributed by atoms with van der Waals surface area (Å²) >= 11 is 0. The lowest BCUT2D eigenvalue weighted by atomic mass is 9.96. The predicted octanol–water partition coefficient (Wildman–Crippen LogP) is 5.05. The lowest BCUT2D eigenvalue weighted by molar-refractivity contribution is 0.352. The molecule has 0 heterocycles. The van der Waals surface area contributed by atoms with Crippen LogP contribution in [0.25, 0.3) is 22.3 Å². The molecule has 0 aliphatic heterocycles. The highest BCUT2D eigenvalue weighted by Crippen LogP contribution is 2.49. The first-order chi connectivity index (χ1) is 11.8. The standard InChI is InChI=1S/C21H20O3/c1-22-18-14-17(15-10-6-4-7-11-15)20(23-2)21(24-3)19(18)16-12-8-5-9-13-16/h4-14H,1-3H3. The highest BCUT2D eigenvalue weighted by atomic mass is 16.5. The number of rotatable bonds is 5. The zero-order valence-corrected chi connectivity index (χ0v) is 14.1. The molecule has 0 fully saturated rings. The van der Waals surface area contributed by atoms with E-state index < -0.39 is 0 Å². The third kappa shape index (κ3) is 2.81. The summed E-state index contributed by atoms with van der Waals surface area (Å²) in [4.78, 5) is 0. The van der Waals surface area contributed by atoms with Gasteiger partial charge in [0.15, 0.2) is 11.5 Å². The fraction of sp³-hybridized carbons (Fsp3) is 0.143. The van der Waals surface area contributed by atoms with Crippen LogP contribution in [0.4, 0.5) is 0 Å². The van der Waals surface area contributed by atoms with E-state index in [1.807, 2.05) is 66.7 Å². The Bertz CT molecular complexity index is 811. The van der Waals surface area contributed by atoms with E-state index in [0.717, 1.165) is 28.0 Å². The van der Waals surface area contributed by atoms with Crippen LogP contribution in [0.15, 0.2) is 66.7 Å². The maximum Gasteiger partial charge on any atom is 0.172 e. The number of benzene rings is 3. The Balaban J connectivity index is 2.32. The van der Waals surface area contributed by atoms with E-state index in [0.29, 0.717) is 11.5 Å². The van der Waals surface area contributed by atoms with Crippen LogP contribution in [0, 0.1) is 0 Å². The fourth-order valence-electron chi connectivity index (χ4n) is 2.89. The smallest absolute Gasteiger partial charge is 0.172 e. The van der Waals surface area contributed by atoms with Crippen LogP contribution in [0.5, 0.6) is 17.2 Å². The summed E-state index contributed by atoms with van der Waals surface area (Å²) in [5.74, 6) is 2.11. The maximum absolute atomic E-state index is 5.72. The van der Waals surface area contributed by atoms with Crippen molar-refractivity contribution < 1.29 is 14.2 Å². The Morgan fingerprint density at radius 1 is 0.583 bits per heavy atom. The molecule has 0 N–H and O–H groups in total. The highest BCUT2D eigenvalue weighted by molar-refractivity contribution is 5.87. The maximum atomic E-state index is 5.72. The van der Waals surface area contributed by atoms with Crippen molar-refractivity contribution in [2.75, 3.05) is 21.3 Å².